The van der Waals surface area contributed by atoms with Gasteiger partial charge >= 0.3 is 0 Å². The molecular weight excluding hydrogens is 779 g/mol. The Kier molecular flexibility index (Phi) is 6.64. The van der Waals surface area contributed by atoms with Crippen molar-refractivity contribution in [3.05, 3.63) is 174 Å². The van der Waals surface area contributed by atoms with E-state index in [2.05, 4.69) is 166 Å². The van der Waals surface area contributed by atoms with Crippen molar-refractivity contribution in [3.8, 4) is 78.7 Å². The van der Waals surface area contributed by atoms with E-state index in [0.29, 0.717) is 17.5 Å². The van der Waals surface area contributed by atoms with Crippen molar-refractivity contribution >= 4 is 18.4 Å². The lowest BCUT2D eigenvalue weighted by atomic mass is 9.42. The highest BCUT2D eigenvalue weighted by Crippen LogP contribution is 2.76. The lowest BCUT2D eigenvalue weighted by Gasteiger charge is -2.69. The van der Waals surface area contributed by atoms with Crippen molar-refractivity contribution in [1.29, 1.82) is 0 Å². The molecule has 1 aromatic heterocycles. The molecule has 1 spiro atoms. The van der Waals surface area contributed by atoms with Gasteiger partial charge in [0, 0.05) is 27.5 Å². The fourth-order valence-electron chi connectivity index (χ4n) is 15.7. The summed E-state index contributed by atoms with van der Waals surface area (Å²) in [5, 5.41) is 3.57. The quantitative estimate of drug-likeness (QED) is 0.166. The number of fused-ring (bicyclic) bond motifs is 8. The maximum atomic E-state index is 5.23. The zero-order valence-corrected chi connectivity index (χ0v) is 37.0. The summed E-state index contributed by atoms with van der Waals surface area (Å²) in [7, 11) is -1.97. The maximum absolute atomic E-state index is 5.23. The number of nitrogens with zero attached hydrogens (tertiary/aromatic N) is 3. The molecule has 8 aromatic rings. The van der Waals surface area contributed by atoms with Crippen LogP contribution in [0.4, 0.5) is 0 Å². The van der Waals surface area contributed by atoms with Crippen LogP contribution >= 0.6 is 0 Å². The van der Waals surface area contributed by atoms with Gasteiger partial charge in [-0.2, -0.15) is 0 Å². The highest BCUT2D eigenvalue weighted by Gasteiger charge is 2.73. The molecule has 0 N–H and O–H groups in total. The zero-order valence-electron chi connectivity index (χ0n) is 36.0. The summed E-state index contributed by atoms with van der Waals surface area (Å²) < 4.78 is 0. The molecule has 7 atom stereocenters. The fraction of sp³-hybridized carbons (Fsp3) is 0.237. The Bertz CT molecular complexity index is 3330. The van der Waals surface area contributed by atoms with Gasteiger partial charge in [0.05, 0.1) is 0 Å². The molecule has 0 radical (unpaired) electrons. The first-order valence-corrected chi connectivity index (χ1v) is 26.0. The van der Waals surface area contributed by atoms with E-state index in [1.54, 1.807) is 33.0 Å². The van der Waals surface area contributed by atoms with E-state index >= 15 is 0 Å². The Labute approximate surface area is 370 Å². The van der Waals surface area contributed by atoms with Crippen molar-refractivity contribution in [2.45, 2.75) is 62.4 Å². The zero-order chi connectivity index (χ0) is 41.6. The first kappa shape index (κ1) is 35.3. The van der Waals surface area contributed by atoms with Crippen LogP contribution in [0.25, 0.3) is 78.7 Å². The Balaban J connectivity index is 0.845. The van der Waals surface area contributed by atoms with Gasteiger partial charge in [-0.25, -0.2) is 15.0 Å². The average molecular weight is 826 g/mol. The molecule has 3 nitrogen and oxygen atoms in total. The minimum atomic E-state index is -1.97. The Morgan fingerprint density at radius 1 is 0.476 bits per heavy atom. The van der Waals surface area contributed by atoms with Crippen LogP contribution in [0.1, 0.15) is 61.8 Å². The van der Waals surface area contributed by atoms with Gasteiger partial charge in [0.1, 0.15) is 8.07 Å². The number of rotatable bonds is 4. The number of aromatic nitrogens is 3. The van der Waals surface area contributed by atoms with E-state index in [1.165, 1.54) is 64.6 Å². The minimum absolute atomic E-state index is 0.112. The van der Waals surface area contributed by atoms with E-state index in [4.69, 9.17) is 15.0 Å². The molecule has 6 aliphatic carbocycles. The predicted octanol–water partition coefficient (Wildman–Crippen LogP) is 12.7. The third kappa shape index (κ3) is 4.25. The highest BCUT2D eigenvalue weighted by molar-refractivity contribution is 7.06. The third-order valence-electron chi connectivity index (χ3n) is 17.9. The van der Waals surface area contributed by atoms with Gasteiger partial charge in [0.15, 0.2) is 17.5 Å². The summed E-state index contributed by atoms with van der Waals surface area (Å²) in [5.41, 5.74) is 21.3. The second-order valence-electron chi connectivity index (χ2n) is 20.9. The van der Waals surface area contributed by atoms with E-state index in [0.717, 1.165) is 45.9 Å². The normalized spacial score (nSPS) is 27.1. The Hall–Kier alpha value is -6.23. The molecule has 63 heavy (non-hydrogen) atoms. The standard InChI is InChI=1S/C59H47N3Si/c1-58(2)47-15-9-7-13-41(47)42-24-22-38(32-48(42)58)57-61-55(35-11-5-4-6-12-35)60-56(62-57)36-19-17-34(18-20-36)37-21-23-43-45-25-26-46-44-14-8-10-16-51(44)63(3)53-39-27-33-28-40(30-39)59(49(43)31-37,50(53)29-33)52(45)54(46)63/h4-26,31-33,39-40,50,53H,27-30H2,1-3H3. The van der Waals surface area contributed by atoms with E-state index in [9.17, 15) is 0 Å². The summed E-state index contributed by atoms with van der Waals surface area (Å²) in [4.78, 5) is 15.5. The van der Waals surface area contributed by atoms with Gasteiger partial charge in [-0.3, -0.25) is 0 Å². The van der Waals surface area contributed by atoms with Gasteiger partial charge in [0.25, 0.3) is 0 Å². The molecular formula is C59H47N3Si. The first-order chi connectivity index (χ1) is 30.8. The van der Waals surface area contributed by atoms with E-state index in [-0.39, 0.29) is 10.8 Å². The van der Waals surface area contributed by atoms with Gasteiger partial charge in [-0.15, -0.1) is 0 Å². The SMILES string of the molecule is CC1(C)c2ccccc2-c2ccc(-c3nc(-c4ccccc4)nc(-c4ccc(-c5ccc6c(c5)C57c8c-6ccc6c8[Si](C)(c8ccccc8-6)C6C8CC(CC5C8)CC67)cc4)n3)cc21. The third-order valence-corrected chi connectivity index (χ3v) is 23.2. The first-order valence-electron chi connectivity index (χ1n) is 23.4. The van der Waals surface area contributed by atoms with Crippen LogP contribution < -0.4 is 10.4 Å². The summed E-state index contributed by atoms with van der Waals surface area (Å²) in [5.74, 6) is 5.37. The van der Waals surface area contributed by atoms with Gasteiger partial charge in [0.2, 0.25) is 0 Å². The molecule has 3 heterocycles. The van der Waals surface area contributed by atoms with Crippen LogP contribution in [-0.2, 0) is 10.8 Å². The second kappa shape index (κ2) is 11.9. The number of hydrogen-bond acceptors (Lipinski definition) is 3. The fourth-order valence-corrected chi connectivity index (χ4v) is 22.0. The van der Waals surface area contributed by atoms with Gasteiger partial charge in [-0.1, -0.05) is 160 Å². The molecule has 4 fully saturated rings. The van der Waals surface area contributed by atoms with Gasteiger partial charge in [-0.05, 0) is 144 Å². The van der Waals surface area contributed by atoms with E-state index in [1.807, 2.05) is 11.3 Å². The molecule has 6 bridgehead atoms. The monoisotopic (exact) mass is 825 g/mol. The van der Waals surface area contributed by atoms with Crippen LogP contribution in [0, 0.1) is 23.7 Å². The van der Waals surface area contributed by atoms with Crippen molar-refractivity contribution < 1.29 is 0 Å². The Morgan fingerprint density at radius 2 is 1.06 bits per heavy atom. The van der Waals surface area contributed by atoms with Crippen molar-refractivity contribution in [3.63, 3.8) is 0 Å². The number of benzene rings is 7. The van der Waals surface area contributed by atoms with Crippen molar-refractivity contribution in [2.24, 2.45) is 23.7 Å². The molecule has 0 saturated heterocycles. The average Bonchev–Trinajstić information content (AvgIpc) is 3.86. The molecule has 0 amide bonds. The summed E-state index contributed by atoms with van der Waals surface area (Å²) >= 11 is 0. The maximum Gasteiger partial charge on any atom is 0.164 e. The predicted molar refractivity (Wildman–Crippen MR) is 258 cm³/mol. The largest absolute Gasteiger partial charge is 0.208 e. The topological polar surface area (TPSA) is 38.7 Å². The number of hydrogen-bond donors (Lipinski definition) is 0. The van der Waals surface area contributed by atoms with Gasteiger partial charge < -0.3 is 0 Å². The summed E-state index contributed by atoms with van der Waals surface area (Å²) in [6.07, 6.45) is 5.71. The molecule has 4 heteroatoms. The highest BCUT2D eigenvalue weighted by atomic mass is 28.3. The Morgan fingerprint density at radius 3 is 1.87 bits per heavy atom. The molecule has 4 saturated carbocycles. The summed E-state index contributed by atoms with van der Waals surface area (Å²) in [6.45, 7) is 7.45. The lowest BCUT2D eigenvalue weighted by molar-refractivity contribution is -0.0431. The van der Waals surface area contributed by atoms with Crippen molar-refractivity contribution in [1.82, 2.24) is 15.0 Å². The second-order valence-corrected chi connectivity index (χ2v) is 25.0. The van der Waals surface area contributed by atoms with Crippen molar-refractivity contribution in [2.75, 3.05) is 0 Å². The minimum Gasteiger partial charge on any atom is -0.208 e. The smallest absolute Gasteiger partial charge is 0.164 e. The molecule has 2 aliphatic heterocycles. The lowest BCUT2D eigenvalue weighted by Crippen LogP contribution is -2.73. The van der Waals surface area contributed by atoms with Crippen LogP contribution in [0.3, 0.4) is 0 Å². The molecule has 8 aliphatic rings. The molecule has 7 unspecified atom stereocenters. The van der Waals surface area contributed by atoms with E-state index < -0.39 is 8.07 Å². The van der Waals surface area contributed by atoms with Crippen LogP contribution in [-0.4, -0.2) is 23.0 Å². The summed E-state index contributed by atoms with van der Waals surface area (Å²) in [6, 6.07) is 57.2. The van der Waals surface area contributed by atoms with Crippen LogP contribution in [0.5, 0.6) is 0 Å². The molecule has 16 rings (SSSR count). The van der Waals surface area contributed by atoms with Crippen LogP contribution in [0.2, 0.25) is 12.1 Å². The molecule has 302 valence electrons. The van der Waals surface area contributed by atoms with Crippen LogP contribution in [0.15, 0.2) is 152 Å². The molecule has 7 aromatic carbocycles.